The Labute approximate surface area is 84.1 Å². The van der Waals surface area contributed by atoms with Gasteiger partial charge >= 0.3 is 5.97 Å². The van der Waals surface area contributed by atoms with Crippen molar-refractivity contribution in [1.29, 1.82) is 0 Å². The summed E-state index contributed by atoms with van der Waals surface area (Å²) in [4.78, 5) is 23.3. The zero-order valence-corrected chi connectivity index (χ0v) is 9.07. The largest absolute Gasteiger partial charge is 0.480 e. The van der Waals surface area contributed by atoms with E-state index in [0.717, 1.165) is 0 Å². The molecule has 0 bridgehead atoms. The Morgan fingerprint density at radius 3 is 2.21 bits per heavy atom. The summed E-state index contributed by atoms with van der Waals surface area (Å²) in [6.07, 6.45) is 0. The second-order valence-corrected chi connectivity index (χ2v) is 3.62. The predicted octanol–water partition coefficient (Wildman–Crippen LogP) is -0.0841. The number of carbonyl (C=O) groups excluding carboxylic acids is 1. The lowest BCUT2D eigenvalue weighted by Gasteiger charge is -2.24. The first kappa shape index (κ1) is 12.9. The van der Waals surface area contributed by atoms with Crippen molar-refractivity contribution in [3.63, 3.8) is 0 Å². The summed E-state index contributed by atoms with van der Waals surface area (Å²) in [5.74, 6) is -1.33. The molecule has 0 aliphatic rings. The summed E-state index contributed by atoms with van der Waals surface area (Å²) in [7, 11) is 1.82. The lowest BCUT2D eigenvalue weighted by atomic mass is 10.2. The maximum Gasteiger partial charge on any atom is 0.327 e. The molecule has 5 nitrogen and oxygen atoms in total. The Kier molecular flexibility index (Phi) is 5.15. The molecule has 0 spiro atoms. The van der Waals surface area contributed by atoms with Gasteiger partial charge in [0.15, 0.2) is 0 Å². The van der Waals surface area contributed by atoms with Crippen LogP contribution >= 0.6 is 0 Å². The molecule has 0 saturated heterocycles. The van der Waals surface area contributed by atoms with E-state index in [0.29, 0.717) is 6.54 Å². The SMILES string of the molecule is CC(=O)NC(CN(C)C(C)C)C(=O)O. The third kappa shape index (κ3) is 4.81. The number of carboxylic acids is 1. The summed E-state index contributed by atoms with van der Waals surface area (Å²) in [5.41, 5.74) is 0. The van der Waals surface area contributed by atoms with Gasteiger partial charge < -0.3 is 15.3 Å². The number of aliphatic carboxylic acids is 1. The van der Waals surface area contributed by atoms with Crippen LogP contribution in [0.1, 0.15) is 20.8 Å². The Balaban J connectivity index is 4.23. The van der Waals surface area contributed by atoms with Crippen LogP contribution in [0.2, 0.25) is 0 Å². The van der Waals surface area contributed by atoms with Crippen LogP contribution in [0.25, 0.3) is 0 Å². The average Bonchev–Trinajstić information content (AvgIpc) is 2.01. The number of hydrogen-bond acceptors (Lipinski definition) is 3. The van der Waals surface area contributed by atoms with Crippen molar-refractivity contribution in [3.05, 3.63) is 0 Å². The van der Waals surface area contributed by atoms with Gasteiger partial charge in [-0.15, -0.1) is 0 Å². The number of hydrogen-bond donors (Lipinski definition) is 2. The smallest absolute Gasteiger partial charge is 0.327 e. The Morgan fingerprint density at radius 1 is 1.43 bits per heavy atom. The summed E-state index contributed by atoms with van der Waals surface area (Å²) in [5, 5.41) is 11.2. The highest BCUT2D eigenvalue weighted by Gasteiger charge is 2.20. The lowest BCUT2D eigenvalue weighted by Crippen LogP contribution is -2.48. The molecule has 0 aromatic heterocycles. The molecule has 1 unspecified atom stereocenters. The van der Waals surface area contributed by atoms with Crippen molar-refractivity contribution in [2.24, 2.45) is 0 Å². The molecule has 1 amide bonds. The number of likely N-dealkylation sites (N-methyl/N-ethyl adjacent to an activating group) is 1. The second-order valence-electron chi connectivity index (χ2n) is 3.62. The highest BCUT2D eigenvalue weighted by atomic mass is 16.4. The van der Waals surface area contributed by atoms with Crippen molar-refractivity contribution < 1.29 is 14.7 Å². The predicted molar refractivity (Wildman–Crippen MR) is 53.0 cm³/mol. The summed E-state index contributed by atoms with van der Waals surface area (Å²) < 4.78 is 0. The fraction of sp³-hybridized carbons (Fsp3) is 0.778. The molecular weight excluding hydrogens is 184 g/mol. The van der Waals surface area contributed by atoms with Crippen molar-refractivity contribution >= 4 is 11.9 Å². The molecule has 1 atom stereocenters. The van der Waals surface area contributed by atoms with E-state index in [1.54, 1.807) is 0 Å². The van der Waals surface area contributed by atoms with Crippen LogP contribution in [0.15, 0.2) is 0 Å². The topological polar surface area (TPSA) is 69.6 Å². The van der Waals surface area contributed by atoms with E-state index < -0.39 is 12.0 Å². The molecule has 0 aromatic rings. The molecule has 0 aliphatic carbocycles. The van der Waals surface area contributed by atoms with Gasteiger partial charge in [0.05, 0.1) is 0 Å². The Bertz CT molecular complexity index is 216. The monoisotopic (exact) mass is 202 g/mol. The van der Waals surface area contributed by atoms with Crippen LogP contribution in [0, 0.1) is 0 Å². The first-order valence-electron chi connectivity index (χ1n) is 4.54. The molecule has 5 heteroatoms. The molecule has 0 radical (unpaired) electrons. The maximum atomic E-state index is 10.8. The van der Waals surface area contributed by atoms with Crippen LogP contribution in [0.4, 0.5) is 0 Å². The molecule has 14 heavy (non-hydrogen) atoms. The average molecular weight is 202 g/mol. The molecular formula is C9H18N2O3. The van der Waals surface area contributed by atoms with Gasteiger partial charge in [-0.1, -0.05) is 0 Å². The first-order chi connectivity index (χ1) is 6.34. The standard InChI is InChI=1S/C9H18N2O3/c1-6(2)11(4)5-8(9(13)14)10-7(3)12/h6,8H,5H2,1-4H3,(H,10,12)(H,13,14). The molecule has 2 N–H and O–H groups in total. The lowest BCUT2D eigenvalue weighted by molar-refractivity contribution is -0.142. The molecule has 0 fully saturated rings. The van der Waals surface area contributed by atoms with E-state index in [4.69, 9.17) is 5.11 Å². The third-order valence-corrected chi connectivity index (χ3v) is 2.03. The van der Waals surface area contributed by atoms with Crippen molar-refractivity contribution in [3.8, 4) is 0 Å². The quantitative estimate of drug-likeness (QED) is 0.654. The highest BCUT2D eigenvalue weighted by Crippen LogP contribution is 1.96. The van der Waals surface area contributed by atoms with E-state index >= 15 is 0 Å². The summed E-state index contributed by atoms with van der Waals surface area (Å²) in [6.45, 7) is 5.55. The van der Waals surface area contributed by atoms with Crippen molar-refractivity contribution in [2.45, 2.75) is 32.9 Å². The number of rotatable bonds is 5. The zero-order chi connectivity index (χ0) is 11.3. The van der Waals surface area contributed by atoms with Gasteiger partial charge in [-0.2, -0.15) is 0 Å². The van der Waals surface area contributed by atoms with Gasteiger partial charge in [0.1, 0.15) is 6.04 Å². The van der Waals surface area contributed by atoms with Crippen molar-refractivity contribution in [2.75, 3.05) is 13.6 Å². The normalized spacial score (nSPS) is 13.0. The molecule has 0 aliphatic heterocycles. The van der Waals surface area contributed by atoms with Crippen LogP contribution < -0.4 is 5.32 Å². The molecule has 0 aromatic carbocycles. The minimum atomic E-state index is -1.01. The van der Waals surface area contributed by atoms with E-state index in [9.17, 15) is 9.59 Å². The minimum absolute atomic E-state index is 0.255. The third-order valence-electron chi connectivity index (χ3n) is 2.03. The highest BCUT2D eigenvalue weighted by molar-refractivity contribution is 5.82. The van der Waals surface area contributed by atoms with Gasteiger partial charge in [-0.25, -0.2) is 4.79 Å². The summed E-state index contributed by atoms with van der Waals surface area (Å²) >= 11 is 0. The Morgan fingerprint density at radius 2 is 1.93 bits per heavy atom. The van der Waals surface area contributed by atoms with Crippen molar-refractivity contribution in [1.82, 2.24) is 10.2 Å². The van der Waals surface area contributed by atoms with Gasteiger partial charge in [0, 0.05) is 19.5 Å². The van der Waals surface area contributed by atoms with E-state index in [1.807, 2.05) is 25.8 Å². The fourth-order valence-electron chi connectivity index (χ4n) is 0.930. The van der Waals surface area contributed by atoms with Gasteiger partial charge in [0.2, 0.25) is 5.91 Å². The fourth-order valence-corrected chi connectivity index (χ4v) is 0.930. The van der Waals surface area contributed by atoms with Gasteiger partial charge in [0.25, 0.3) is 0 Å². The number of carboxylic acid groups (broad SMARTS) is 1. The second kappa shape index (κ2) is 5.59. The summed E-state index contributed by atoms with van der Waals surface area (Å²) in [6, 6.07) is -0.578. The minimum Gasteiger partial charge on any atom is -0.480 e. The zero-order valence-electron chi connectivity index (χ0n) is 9.07. The number of nitrogens with zero attached hydrogens (tertiary/aromatic N) is 1. The van der Waals surface area contributed by atoms with E-state index in [2.05, 4.69) is 5.32 Å². The van der Waals surface area contributed by atoms with Crippen LogP contribution in [0.3, 0.4) is 0 Å². The number of nitrogens with one attached hydrogen (secondary N) is 1. The van der Waals surface area contributed by atoms with E-state index in [-0.39, 0.29) is 11.9 Å². The Hall–Kier alpha value is -1.10. The molecule has 82 valence electrons. The van der Waals surface area contributed by atoms with Gasteiger partial charge in [-0.3, -0.25) is 4.79 Å². The van der Waals surface area contributed by atoms with Gasteiger partial charge in [-0.05, 0) is 20.9 Å². The number of amides is 1. The van der Waals surface area contributed by atoms with Crippen LogP contribution in [-0.2, 0) is 9.59 Å². The molecule has 0 heterocycles. The molecule has 0 saturated carbocycles. The number of carbonyl (C=O) groups is 2. The van der Waals surface area contributed by atoms with Crippen LogP contribution in [0.5, 0.6) is 0 Å². The first-order valence-corrected chi connectivity index (χ1v) is 4.54. The molecule has 0 rings (SSSR count). The van der Waals surface area contributed by atoms with E-state index in [1.165, 1.54) is 6.92 Å². The van der Waals surface area contributed by atoms with Crippen LogP contribution in [-0.4, -0.2) is 47.6 Å². The maximum absolute atomic E-state index is 10.8.